The summed E-state index contributed by atoms with van der Waals surface area (Å²) in [4.78, 5) is 11.3. The van der Waals surface area contributed by atoms with Crippen molar-refractivity contribution in [2.45, 2.75) is 32.1 Å². The van der Waals surface area contributed by atoms with Gasteiger partial charge < -0.3 is 4.90 Å². The predicted molar refractivity (Wildman–Crippen MR) is 92.8 cm³/mol. The summed E-state index contributed by atoms with van der Waals surface area (Å²) >= 11 is 9.24. The lowest BCUT2D eigenvalue weighted by Gasteiger charge is -2.51. The molecule has 6 heteroatoms. The van der Waals surface area contributed by atoms with Gasteiger partial charge in [0.05, 0.1) is 16.9 Å². The Morgan fingerprint density at radius 1 is 1.30 bits per heavy atom. The molecule has 23 heavy (non-hydrogen) atoms. The predicted octanol–water partition coefficient (Wildman–Crippen LogP) is 5.24. The number of halogens is 3. The van der Waals surface area contributed by atoms with E-state index in [-0.39, 0.29) is 10.4 Å². The molecule has 1 spiro atoms. The van der Waals surface area contributed by atoms with E-state index in [0.717, 1.165) is 41.2 Å². The second-order valence-corrected chi connectivity index (χ2v) is 8.57. The van der Waals surface area contributed by atoms with E-state index in [4.69, 9.17) is 16.6 Å². The summed E-state index contributed by atoms with van der Waals surface area (Å²) in [5.41, 5.74) is 2.10. The quantitative estimate of drug-likeness (QED) is 0.660. The highest BCUT2D eigenvalue weighted by Gasteiger charge is 2.57. The Labute approximate surface area is 148 Å². The van der Waals surface area contributed by atoms with Crippen LogP contribution in [0.5, 0.6) is 0 Å². The fraction of sp³-hybridized carbons (Fsp3) is 0.412. The van der Waals surface area contributed by atoms with E-state index in [1.54, 1.807) is 12.3 Å². The first-order valence-electron chi connectivity index (χ1n) is 7.55. The van der Waals surface area contributed by atoms with Crippen LogP contribution in [0.2, 0.25) is 5.02 Å². The fourth-order valence-corrected chi connectivity index (χ4v) is 4.69. The van der Waals surface area contributed by atoms with Crippen molar-refractivity contribution in [2.24, 2.45) is 5.41 Å². The summed E-state index contributed by atoms with van der Waals surface area (Å²) in [5, 5.41) is 0.134. The zero-order valence-electron chi connectivity index (χ0n) is 12.9. The van der Waals surface area contributed by atoms with Gasteiger partial charge in [0.15, 0.2) is 5.82 Å². The second-order valence-electron chi connectivity index (χ2n) is 7.35. The van der Waals surface area contributed by atoms with E-state index in [0.29, 0.717) is 5.41 Å². The van der Waals surface area contributed by atoms with Crippen molar-refractivity contribution < 1.29 is 4.39 Å². The number of benzene rings is 1. The minimum absolute atomic E-state index is 0.00568. The minimum atomic E-state index is -0.411. The normalized spacial score (nSPS) is 20.5. The molecule has 1 aliphatic carbocycles. The van der Waals surface area contributed by atoms with E-state index in [2.05, 4.69) is 39.7 Å². The van der Waals surface area contributed by atoms with Crippen LogP contribution in [0.15, 0.2) is 29.0 Å². The maximum absolute atomic E-state index is 13.9. The number of nitrogens with zero attached hydrogens (tertiary/aromatic N) is 3. The zero-order chi connectivity index (χ0) is 16.4. The molecule has 0 atom stereocenters. The third kappa shape index (κ3) is 2.36. The Hall–Kier alpha value is -1.20. The molecule has 1 aromatic carbocycles. The van der Waals surface area contributed by atoms with Crippen LogP contribution in [0.3, 0.4) is 0 Å². The smallest absolute Gasteiger partial charge is 0.155 e. The molecule has 1 fully saturated rings. The fourth-order valence-electron chi connectivity index (χ4n) is 4.29. The third-order valence-electron chi connectivity index (χ3n) is 4.79. The molecule has 0 unspecified atom stereocenters. The highest BCUT2D eigenvalue weighted by molar-refractivity contribution is 9.10. The lowest BCUT2D eigenvalue weighted by molar-refractivity contribution is 0.0670. The largest absolute Gasteiger partial charge is 0.324 e. The van der Waals surface area contributed by atoms with Gasteiger partial charge in [-0.1, -0.05) is 25.4 Å². The summed E-state index contributed by atoms with van der Waals surface area (Å²) in [5.74, 6) is 0.413. The first-order chi connectivity index (χ1) is 10.8. The Kier molecular flexibility index (Phi) is 3.27. The lowest BCUT2D eigenvalue weighted by Crippen LogP contribution is -2.49. The van der Waals surface area contributed by atoms with E-state index in [1.165, 1.54) is 6.07 Å². The Balaban J connectivity index is 1.80. The number of rotatable bonds is 1. The molecule has 0 radical (unpaired) electrons. The molecule has 0 N–H and O–H groups in total. The van der Waals surface area contributed by atoms with E-state index < -0.39 is 5.82 Å². The van der Waals surface area contributed by atoms with Crippen LogP contribution in [0.25, 0.3) is 0 Å². The van der Waals surface area contributed by atoms with Gasteiger partial charge in [-0.05, 0) is 52.4 Å². The number of hydrogen-bond donors (Lipinski definition) is 0. The van der Waals surface area contributed by atoms with Crippen LogP contribution >= 0.6 is 27.5 Å². The SMILES string of the molecule is CC1(C)CC2(CN(c3ccc(Cl)c(F)c3)c3ncc(Br)nc32)C1. The summed E-state index contributed by atoms with van der Waals surface area (Å²) < 4.78 is 14.6. The molecule has 0 amide bonds. The minimum Gasteiger partial charge on any atom is -0.324 e. The van der Waals surface area contributed by atoms with Gasteiger partial charge in [0.2, 0.25) is 0 Å². The van der Waals surface area contributed by atoms with E-state index >= 15 is 0 Å². The molecule has 2 aromatic rings. The topological polar surface area (TPSA) is 29.0 Å². The average Bonchev–Trinajstić information content (AvgIpc) is 2.75. The van der Waals surface area contributed by atoms with E-state index in [1.807, 2.05) is 6.07 Å². The second kappa shape index (κ2) is 4.90. The van der Waals surface area contributed by atoms with Crippen molar-refractivity contribution in [1.29, 1.82) is 0 Å². The van der Waals surface area contributed by atoms with Crippen LogP contribution in [-0.4, -0.2) is 16.5 Å². The van der Waals surface area contributed by atoms with Crippen LogP contribution in [0, 0.1) is 11.2 Å². The summed E-state index contributed by atoms with van der Waals surface area (Å²) in [6.45, 7) is 5.32. The number of aromatic nitrogens is 2. The van der Waals surface area contributed by atoms with Crippen molar-refractivity contribution in [1.82, 2.24) is 9.97 Å². The Morgan fingerprint density at radius 3 is 2.70 bits per heavy atom. The van der Waals surface area contributed by atoms with Gasteiger partial charge in [0.1, 0.15) is 10.4 Å². The maximum Gasteiger partial charge on any atom is 0.155 e. The van der Waals surface area contributed by atoms with Crippen molar-refractivity contribution in [3.63, 3.8) is 0 Å². The molecule has 2 heterocycles. The van der Waals surface area contributed by atoms with Crippen molar-refractivity contribution in [3.8, 4) is 0 Å². The van der Waals surface area contributed by atoms with Crippen LogP contribution in [0.4, 0.5) is 15.9 Å². The first-order valence-corrected chi connectivity index (χ1v) is 8.72. The highest BCUT2D eigenvalue weighted by Crippen LogP contribution is 2.60. The number of hydrogen-bond acceptors (Lipinski definition) is 3. The van der Waals surface area contributed by atoms with Gasteiger partial charge in [-0.2, -0.15) is 0 Å². The van der Waals surface area contributed by atoms with E-state index in [9.17, 15) is 4.39 Å². The molecule has 0 bridgehead atoms. The van der Waals surface area contributed by atoms with Crippen LogP contribution in [-0.2, 0) is 5.41 Å². The van der Waals surface area contributed by atoms with Gasteiger partial charge in [-0.25, -0.2) is 14.4 Å². The molecular weight excluding hydrogens is 381 g/mol. The molecule has 1 saturated carbocycles. The molecule has 3 nitrogen and oxygen atoms in total. The van der Waals surface area contributed by atoms with Crippen LogP contribution in [0.1, 0.15) is 32.4 Å². The standard InChI is InChI=1S/C17H16BrClFN3/c1-16(2)7-17(8-16)9-23(10-3-4-11(19)12(20)5-10)15-14(17)22-13(18)6-21-15/h3-6H,7-9H2,1-2H3. The maximum atomic E-state index is 13.9. The summed E-state index contributed by atoms with van der Waals surface area (Å²) in [6.07, 6.45) is 3.82. The molecule has 4 rings (SSSR count). The monoisotopic (exact) mass is 395 g/mol. The molecule has 0 saturated heterocycles. The van der Waals surface area contributed by atoms with Gasteiger partial charge in [0, 0.05) is 17.6 Å². The number of fused-ring (bicyclic) bond motifs is 2. The van der Waals surface area contributed by atoms with Crippen molar-refractivity contribution >= 4 is 39.0 Å². The van der Waals surface area contributed by atoms with Gasteiger partial charge in [0.25, 0.3) is 0 Å². The zero-order valence-corrected chi connectivity index (χ0v) is 15.2. The first kappa shape index (κ1) is 15.3. The molecule has 1 aliphatic heterocycles. The van der Waals surface area contributed by atoms with Gasteiger partial charge >= 0.3 is 0 Å². The Morgan fingerprint density at radius 2 is 2.04 bits per heavy atom. The Bertz CT molecular complexity index is 800. The van der Waals surface area contributed by atoms with Crippen molar-refractivity contribution in [3.05, 3.63) is 45.5 Å². The molecule has 2 aliphatic rings. The highest BCUT2D eigenvalue weighted by atomic mass is 79.9. The summed E-state index contributed by atoms with van der Waals surface area (Å²) in [6, 6.07) is 4.90. The molecule has 120 valence electrons. The summed E-state index contributed by atoms with van der Waals surface area (Å²) in [7, 11) is 0. The number of anilines is 2. The van der Waals surface area contributed by atoms with Crippen molar-refractivity contribution in [2.75, 3.05) is 11.4 Å². The third-order valence-corrected chi connectivity index (χ3v) is 5.48. The van der Waals surface area contributed by atoms with Gasteiger partial charge in [-0.3, -0.25) is 0 Å². The van der Waals surface area contributed by atoms with Gasteiger partial charge in [-0.15, -0.1) is 0 Å². The molecular formula is C17H16BrClFN3. The lowest BCUT2D eigenvalue weighted by atomic mass is 9.54. The van der Waals surface area contributed by atoms with Crippen LogP contribution < -0.4 is 4.90 Å². The average molecular weight is 397 g/mol. The molecule has 1 aromatic heterocycles.